The lowest BCUT2D eigenvalue weighted by molar-refractivity contribution is -0.137. The number of alkyl halides is 3. The molecule has 0 spiro atoms. The van der Waals surface area contributed by atoms with Gasteiger partial charge in [-0.1, -0.05) is 12.1 Å². The Morgan fingerprint density at radius 2 is 1.68 bits per heavy atom. The number of hydrogen-bond acceptors (Lipinski definition) is 5. The van der Waals surface area contributed by atoms with Crippen molar-refractivity contribution in [2.24, 2.45) is 0 Å². The predicted molar refractivity (Wildman–Crippen MR) is 118 cm³/mol. The number of carbonyl (C=O) groups is 2. The maximum atomic E-state index is 13.4. The van der Waals surface area contributed by atoms with Crippen LogP contribution in [0, 0.1) is 0 Å². The average Bonchev–Trinajstić information content (AvgIpc) is 2.82. The number of methoxy groups -OCH3 is 3. The summed E-state index contributed by atoms with van der Waals surface area (Å²) in [6, 6.07) is 8.02. The molecule has 2 aromatic rings. The molecule has 180 valence electrons. The number of anilines is 1. The Bertz CT molecular complexity index is 1170. The molecule has 2 aromatic carbocycles. The second-order valence-electron chi connectivity index (χ2n) is 8.09. The number of ether oxygens (including phenoxy) is 3. The van der Waals surface area contributed by atoms with E-state index in [0.29, 0.717) is 53.3 Å². The molecule has 0 saturated carbocycles. The molecule has 0 unspecified atom stereocenters. The summed E-state index contributed by atoms with van der Waals surface area (Å²) in [7, 11) is 4.40. The van der Waals surface area contributed by atoms with E-state index in [0.717, 1.165) is 12.1 Å². The number of nitrogens with zero attached hydrogens (tertiary/aromatic N) is 1. The van der Waals surface area contributed by atoms with Crippen molar-refractivity contribution in [2.75, 3.05) is 26.2 Å². The first-order valence-electron chi connectivity index (χ1n) is 10.8. The van der Waals surface area contributed by atoms with Crippen molar-refractivity contribution in [3.05, 3.63) is 58.8 Å². The second-order valence-corrected chi connectivity index (χ2v) is 8.09. The molecule has 0 aromatic heterocycles. The van der Waals surface area contributed by atoms with Crippen LogP contribution >= 0.6 is 0 Å². The van der Waals surface area contributed by atoms with Crippen LogP contribution in [-0.2, 0) is 15.8 Å². The predicted octanol–water partition coefficient (Wildman–Crippen LogP) is 5.26. The molecule has 6 nitrogen and oxygen atoms in total. The first-order valence-corrected chi connectivity index (χ1v) is 10.8. The zero-order valence-corrected chi connectivity index (χ0v) is 19.0. The number of benzene rings is 2. The van der Waals surface area contributed by atoms with E-state index in [1.807, 2.05) is 0 Å². The summed E-state index contributed by atoms with van der Waals surface area (Å²) < 4.78 is 56.3. The highest BCUT2D eigenvalue weighted by Crippen LogP contribution is 2.50. The quantitative estimate of drug-likeness (QED) is 0.591. The molecule has 0 radical (unpaired) electrons. The Hall–Kier alpha value is -3.49. The van der Waals surface area contributed by atoms with Gasteiger partial charge in [0.15, 0.2) is 17.3 Å². The van der Waals surface area contributed by atoms with Gasteiger partial charge in [-0.25, -0.2) is 0 Å². The van der Waals surface area contributed by atoms with Gasteiger partial charge in [0, 0.05) is 41.3 Å². The third kappa shape index (κ3) is 3.99. The van der Waals surface area contributed by atoms with Crippen LogP contribution in [-0.4, -0.2) is 33.0 Å². The van der Waals surface area contributed by atoms with Gasteiger partial charge in [0.2, 0.25) is 11.7 Å². The van der Waals surface area contributed by atoms with E-state index >= 15 is 0 Å². The highest BCUT2D eigenvalue weighted by atomic mass is 19.4. The Labute approximate surface area is 194 Å². The summed E-state index contributed by atoms with van der Waals surface area (Å²) in [5.74, 6) is -0.0349. The topological polar surface area (TPSA) is 65.1 Å². The molecule has 1 aliphatic heterocycles. The lowest BCUT2D eigenvalue weighted by atomic mass is 9.76. The Morgan fingerprint density at radius 3 is 2.32 bits per heavy atom. The summed E-state index contributed by atoms with van der Waals surface area (Å²) in [6.45, 7) is 0. The van der Waals surface area contributed by atoms with Gasteiger partial charge in [-0.05, 0) is 37.1 Å². The van der Waals surface area contributed by atoms with E-state index in [-0.39, 0.29) is 17.9 Å². The van der Waals surface area contributed by atoms with Crippen LogP contribution in [0.5, 0.6) is 17.2 Å². The fourth-order valence-corrected chi connectivity index (χ4v) is 4.78. The zero-order chi connectivity index (χ0) is 24.6. The van der Waals surface area contributed by atoms with Crippen LogP contribution in [0.15, 0.2) is 47.7 Å². The monoisotopic (exact) mass is 475 g/mol. The van der Waals surface area contributed by atoms with E-state index in [4.69, 9.17) is 14.2 Å². The minimum atomic E-state index is -4.55. The SMILES string of the molecule is COc1ccc([C@@H]2CC(=O)N(c3cccc(C(F)(F)F)c3)C3=C2C(=O)CCC3)c(OC)c1OC. The summed E-state index contributed by atoms with van der Waals surface area (Å²) in [5, 5.41) is 0. The van der Waals surface area contributed by atoms with Gasteiger partial charge >= 0.3 is 6.18 Å². The van der Waals surface area contributed by atoms with Gasteiger partial charge in [0.05, 0.1) is 26.9 Å². The van der Waals surface area contributed by atoms with Crippen molar-refractivity contribution < 1.29 is 37.0 Å². The highest BCUT2D eigenvalue weighted by molar-refractivity contribution is 6.07. The molecule has 0 N–H and O–H groups in total. The number of ketones is 1. The van der Waals surface area contributed by atoms with E-state index in [9.17, 15) is 22.8 Å². The lowest BCUT2D eigenvalue weighted by Gasteiger charge is -2.39. The van der Waals surface area contributed by atoms with Gasteiger partial charge in [0.1, 0.15) is 0 Å². The number of rotatable bonds is 5. The number of halogens is 3. The molecule has 1 heterocycles. The highest BCUT2D eigenvalue weighted by Gasteiger charge is 2.42. The molecule has 1 atom stereocenters. The Balaban J connectivity index is 1.89. The fourth-order valence-electron chi connectivity index (χ4n) is 4.78. The molecule has 2 aliphatic rings. The number of hydrogen-bond donors (Lipinski definition) is 0. The maximum absolute atomic E-state index is 13.4. The molecule has 34 heavy (non-hydrogen) atoms. The van der Waals surface area contributed by atoms with Gasteiger partial charge < -0.3 is 14.2 Å². The van der Waals surface area contributed by atoms with Crippen molar-refractivity contribution >= 4 is 17.4 Å². The molecule has 1 aliphatic carbocycles. The molecule has 9 heteroatoms. The average molecular weight is 475 g/mol. The van der Waals surface area contributed by atoms with E-state index in [1.165, 1.54) is 38.4 Å². The minimum absolute atomic E-state index is 0.0970. The van der Waals surface area contributed by atoms with Gasteiger partial charge in [-0.2, -0.15) is 13.2 Å². The third-order valence-electron chi connectivity index (χ3n) is 6.22. The van der Waals surface area contributed by atoms with Crippen LogP contribution < -0.4 is 19.1 Å². The molecular weight excluding hydrogens is 451 g/mol. The fraction of sp³-hybridized carbons (Fsp3) is 0.360. The molecule has 0 saturated heterocycles. The van der Waals surface area contributed by atoms with Crippen molar-refractivity contribution in [1.82, 2.24) is 0 Å². The van der Waals surface area contributed by atoms with Gasteiger partial charge in [0.25, 0.3) is 0 Å². The van der Waals surface area contributed by atoms with Crippen molar-refractivity contribution in [3.63, 3.8) is 0 Å². The molecule has 1 amide bonds. The number of allylic oxidation sites excluding steroid dienone is 2. The van der Waals surface area contributed by atoms with Crippen molar-refractivity contribution in [1.29, 1.82) is 0 Å². The van der Waals surface area contributed by atoms with Crippen LogP contribution in [0.4, 0.5) is 18.9 Å². The first kappa shape index (κ1) is 23.7. The van der Waals surface area contributed by atoms with E-state index in [2.05, 4.69) is 0 Å². The number of Topliss-reactive ketones (excluding diaryl/α,β-unsaturated/α-hetero) is 1. The van der Waals surface area contributed by atoms with E-state index in [1.54, 1.807) is 12.1 Å². The van der Waals surface area contributed by atoms with Gasteiger partial charge in [-0.3, -0.25) is 14.5 Å². The van der Waals surface area contributed by atoms with E-state index < -0.39 is 23.6 Å². The van der Waals surface area contributed by atoms with Crippen molar-refractivity contribution in [2.45, 2.75) is 37.8 Å². The Morgan fingerprint density at radius 1 is 0.941 bits per heavy atom. The Kier molecular flexibility index (Phi) is 6.29. The number of carbonyl (C=O) groups excluding carboxylic acids is 2. The van der Waals surface area contributed by atoms with Crippen LogP contribution in [0.2, 0.25) is 0 Å². The zero-order valence-electron chi connectivity index (χ0n) is 19.0. The summed E-state index contributed by atoms with van der Waals surface area (Å²) >= 11 is 0. The molecule has 0 fully saturated rings. The lowest BCUT2D eigenvalue weighted by Crippen LogP contribution is -2.40. The first-order chi connectivity index (χ1) is 16.2. The normalized spacial score (nSPS) is 18.6. The van der Waals surface area contributed by atoms with Crippen molar-refractivity contribution in [3.8, 4) is 17.2 Å². The maximum Gasteiger partial charge on any atom is 0.416 e. The molecular formula is C25H24F3NO5. The smallest absolute Gasteiger partial charge is 0.416 e. The minimum Gasteiger partial charge on any atom is -0.493 e. The summed E-state index contributed by atoms with van der Waals surface area (Å²) in [4.78, 5) is 27.8. The largest absolute Gasteiger partial charge is 0.493 e. The van der Waals surface area contributed by atoms with Crippen LogP contribution in [0.3, 0.4) is 0 Å². The summed E-state index contributed by atoms with van der Waals surface area (Å²) in [5.41, 5.74) is 0.688. The summed E-state index contributed by atoms with van der Waals surface area (Å²) in [6.07, 6.45) is -3.45. The van der Waals surface area contributed by atoms with Crippen LogP contribution in [0.25, 0.3) is 0 Å². The second kappa shape index (κ2) is 9.04. The third-order valence-corrected chi connectivity index (χ3v) is 6.22. The van der Waals surface area contributed by atoms with Gasteiger partial charge in [-0.15, -0.1) is 0 Å². The molecule has 4 rings (SSSR count). The van der Waals surface area contributed by atoms with Crippen LogP contribution in [0.1, 0.15) is 42.7 Å². The molecule has 0 bridgehead atoms. The number of amides is 1. The standard InChI is InChI=1S/C25H24F3NO5/c1-32-20-11-10-16(23(33-2)24(20)34-3)17-13-21(31)29(18-8-5-9-19(30)22(17)18)15-7-4-6-14(12-15)25(26,27)28/h4,6-7,10-12,17H,5,8-9,13H2,1-3H3/t17-/m0/s1.